The number of rotatable bonds is 7. The maximum Gasteiger partial charge on any atom is 0.261 e. The normalized spacial score (nSPS) is 17.2. The van der Waals surface area contributed by atoms with Gasteiger partial charge in [0.2, 0.25) is 5.91 Å². The maximum absolute atomic E-state index is 12.9. The van der Waals surface area contributed by atoms with Crippen molar-refractivity contribution < 1.29 is 18.0 Å². The van der Waals surface area contributed by atoms with Gasteiger partial charge in [0, 0.05) is 43.9 Å². The molecular formula is C25H31N3O4S. The number of carbonyl (C=O) groups is 2. The zero-order valence-electron chi connectivity index (χ0n) is 18.8. The molecule has 0 unspecified atom stereocenters. The van der Waals surface area contributed by atoms with Crippen molar-refractivity contribution in [2.75, 3.05) is 30.9 Å². The van der Waals surface area contributed by atoms with Gasteiger partial charge in [0.25, 0.3) is 15.9 Å². The quantitative estimate of drug-likeness (QED) is 0.669. The Kier molecular flexibility index (Phi) is 7.33. The third-order valence-electron chi connectivity index (χ3n) is 6.60. The van der Waals surface area contributed by atoms with Gasteiger partial charge >= 0.3 is 0 Å². The largest absolute Gasteiger partial charge is 0.339 e. The minimum absolute atomic E-state index is 0.0978. The number of piperazine rings is 1. The van der Waals surface area contributed by atoms with Gasteiger partial charge in [0.05, 0.1) is 4.90 Å². The van der Waals surface area contributed by atoms with E-state index in [9.17, 15) is 18.0 Å². The molecule has 0 radical (unpaired) electrons. The van der Waals surface area contributed by atoms with Gasteiger partial charge < -0.3 is 9.80 Å². The number of carbonyl (C=O) groups excluding carboxylic acids is 2. The van der Waals surface area contributed by atoms with Gasteiger partial charge in [-0.2, -0.15) is 0 Å². The number of para-hydroxylation sites is 1. The lowest BCUT2D eigenvalue weighted by Gasteiger charge is -2.35. The van der Waals surface area contributed by atoms with E-state index < -0.39 is 10.0 Å². The summed E-state index contributed by atoms with van der Waals surface area (Å²) in [6.07, 6.45) is 6.65. The molecule has 1 aliphatic heterocycles. The number of sulfonamides is 1. The molecule has 2 aliphatic rings. The Labute approximate surface area is 195 Å². The van der Waals surface area contributed by atoms with Crippen molar-refractivity contribution in [3.05, 3.63) is 60.2 Å². The van der Waals surface area contributed by atoms with Gasteiger partial charge in [-0.05, 0) is 48.7 Å². The standard InChI is InChI=1S/C25H31N3O4S/c29-24(15-10-20-6-4-5-7-20)27-16-18-28(19-17-27)25(30)21-11-13-23(14-12-21)33(31,32)26-22-8-2-1-3-9-22/h1-3,8-9,11-14,20,26H,4-7,10,15-19H2. The van der Waals surface area contributed by atoms with Gasteiger partial charge in [-0.15, -0.1) is 0 Å². The molecule has 2 aromatic rings. The number of nitrogens with one attached hydrogen (secondary N) is 1. The molecule has 8 heteroatoms. The van der Waals surface area contributed by atoms with E-state index in [4.69, 9.17) is 0 Å². The van der Waals surface area contributed by atoms with Crippen molar-refractivity contribution in [3.8, 4) is 0 Å². The molecule has 176 valence electrons. The summed E-state index contributed by atoms with van der Waals surface area (Å²) in [5.41, 5.74) is 0.919. The van der Waals surface area contributed by atoms with E-state index >= 15 is 0 Å². The fraction of sp³-hybridized carbons (Fsp3) is 0.440. The molecule has 2 aromatic carbocycles. The number of nitrogens with zero attached hydrogens (tertiary/aromatic N) is 2. The van der Waals surface area contributed by atoms with Gasteiger partial charge in [-0.3, -0.25) is 14.3 Å². The Balaban J connectivity index is 1.29. The number of hydrogen-bond acceptors (Lipinski definition) is 4. The minimum atomic E-state index is -3.73. The highest BCUT2D eigenvalue weighted by molar-refractivity contribution is 7.92. The van der Waals surface area contributed by atoms with Crippen LogP contribution < -0.4 is 4.72 Å². The highest BCUT2D eigenvalue weighted by atomic mass is 32.2. The molecule has 1 heterocycles. The third kappa shape index (κ3) is 5.93. The van der Waals surface area contributed by atoms with Crippen molar-refractivity contribution in [2.45, 2.75) is 43.4 Å². The Morgan fingerprint density at radius 3 is 2.09 bits per heavy atom. The second kappa shape index (κ2) is 10.4. The van der Waals surface area contributed by atoms with Crippen LogP contribution in [0, 0.1) is 5.92 Å². The van der Waals surface area contributed by atoms with Crippen LogP contribution in [-0.2, 0) is 14.8 Å². The molecule has 7 nitrogen and oxygen atoms in total. The lowest BCUT2D eigenvalue weighted by molar-refractivity contribution is -0.133. The molecule has 0 aromatic heterocycles. The van der Waals surface area contributed by atoms with Gasteiger partial charge in [0.1, 0.15) is 0 Å². The second-order valence-corrected chi connectivity index (χ2v) is 10.5. The Morgan fingerprint density at radius 1 is 0.848 bits per heavy atom. The molecule has 1 saturated carbocycles. The highest BCUT2D eigenvalue weighted by Crippen LogP contribution is 2.28. The van der Waals surface area contributed by atoms with Crippen LogP contribution in [0.4, 0.5) is 5.69 Å². The van der Waals surface area contributed by atoms with E-state index in [2.05, 4.69) is 4.72 Å². The molecule has 2 amide bonds. The van der Waals surface area contributed by atoms with E-state index in [1.807, 2.05) is 11.0 Å². The first-order valence-corrected chi connectivity index (χ1v) is 13.2. The van der Waals surface area contributed by atoms with Gasteiger partial charge in [-0.25, -0.2) is 8.42 Å². The SMILES string of the molecule is O=C(CCC1CCCC1)N1CCN(C(=O)c2ccc(S(=O)(=O)Nc3ccccc3)cc2)CC1. The number of anilines is 1. The summed E-state index contributed by atoms with van der Waals surface area (Å²) in [5, 5.41) is 0. The van der Waals surface area contributed by atoms with Gasteiger partial charge in [-0.1, -0.05) is 43.9 Å². The highest BCUT2D eigenvalue weighted by Gasteiger charge is 2.26. The molecule has 1 saturated heterocycles. The van der Waals surface area contributed by atoms with Crippen molar-refractivity contribution >= 4 is 27.5 Å². The van der Waals surface area contributed by atoms with Crippen LogP contribution >= 0.6 is 0 Å². The third-order valence-corrected chi connectivity index (χ3v) is 8.00. The summed E-state index contributed by atoms with van der Waals surface area (Å²) in [7, 11) is -3.73. The second-order valence-electron chi connectivity index (χ2n) is 8.86. The number of hydrogen-bond donors (Lipinski definition) is 1. The van der Waals surface area contributed by atoms with Crippen LogP contribution in [0.25, 0.3) is 0 Å². The molecule has 33 heavy (non-hydrogen) atoms. The smallest absolute Gasteiger partial charge is 0.261 e. The van der Waals surface area contributed by atoms with Crippen molar-refractivity contribution in [2.24, 2.45) is 5.92 Å². The first-order chi connectivity index (χ1) is 15.9. The van der Waals surface area contributed by atoms with Crippen LogP contribution in [0.2, 0.25) is 0 Å². The fourth-order valence-electron chi connectivity index (χ4n) is 4.62. The Hall–Kier alpha value is -2.87. The Morgan fingerprint density at radius 2 is 1.45 bits per heavy atom. The zero-order valence-corrected chi connectivity index (χ0v) is 19.6. The molecule has 0 bridgehead atoms. The maximum atomic E-state index is 12.9. The van der Waals surface area contributed by atoms with E-state index in [0.29, 0.717) is 49.8 Å². The van der Waals surface area contributed by atoms with Crippen molar-refractivity contribution in [1.29, 1.82) is 0 Å². The van der Waals surface area contributed by atoms with Gasteiger partial charge in [0.15, 0.2) is 0 Å². The van der Waals surface area contributed by atoms with Crippen molar-refractivity contribution in [1.82, 2.24) is 9.80 Å². The molecule has 4 rings (SSSR count). The summed E-state index contributed by atoms with van der Waals surface area (Å²) in [6.45, 7) is 2.07. The van der Waals surface area contributed by atoms with Crippen molar-refractivity contribution in [3.63, 3.8) is 0 Å². The van der Waals surface area contributed by atoms with E-state index in [1.54, 1.807) is 41.3 Å². The summed E-state index contributed by atoms with van der Waals surface area (Å²) in [6, 6.07) is 14.6. The molecule has 0 spiro atoms. The molecule has 1 N–H and O–H groups in total. The molecule has 0 atom stereocenters. The predicted molar refractivity (Wildman–Crippen MR) is 127 cm³/mol. The van der Waals surface area contributed by atoms with Crippen LogP contribution in [0.5, 0.6) is 0 Å². The van der Waals surface area contributed by atoms with E-state index in [-0.39, 0.29) is 16.7 Å². The zero-order chi connectivity index (χ0) is 23.3. The number of benzene rings is 2. The molecular weight excluding hydrogens is 438 g/mol. The lowest BCUT2D eigenvalue weighted by Crippen LogP contribution is -2.50. The summed E-state index contributed by atoms with van der Waals surface area (Å²) < 4.78 is 27.7. The lowest BCUT2D eigenvalue weighted by atomic mass is 10.0. The molecule has 1 aliphatic carbocycles. The first-order valence-electron chi connectivity index (χ1n) is 11.7. The van der Waals surface area contributed by atoms with E-state index in [0.717, 1.165) is 6.42 Å². The molecule has 2 fully saturated rings. The number of amides is 2. The summed E-state index contributed by atoms with van der Waals surface area (Å²) in [4.78, 5) is 29.1. The first kappa shape index (κ1) is 23.3. The predicted octanol–water partition coefficient (Wildman–Crippen LogP) is 3.74. The monoisotopic (exact) mass is 469 g/mol. The Bertz CT molecular complexity index is 1060. The summed E-state index contributed by atoms with van der Waals surface area (Å²) in [5.74, 6) is 0.744. The summed E-state index contributed by atoms with van der Waals surface area (Å²) >= 11 is 0. The van der Waals surface area contributed by atoms with E-state index in [1.165, 1.54) is 37.8 Å². The van der Waals surface area contributed by atoms with Crippen LogP contribution in [0.3, 0.4) is 0 Å². The average molecular weight is 470 g/mol. The average Bonchev–Trinajstić information content (AvgIpc) is 3.36. The van der Waals surface area contributed by atoms with Crippen LogP contribution in [0.15, 0.2) is 59.5 Å². The minimum Gasteiger partial charge on any atom is -0.339 e. The van der Waals surface area contributed by atoms with Crippen LogP contribution in [-0.4, -0.2) is 56.2 Å². The fourth-order valence-corrected chi connectivity index (χ4v) is 5.68. The topological polar surface area (TPSA) is 86.8 Å². The van der Waals surface area contributed by atoms with Crippen LogP contribution in [0.1, 0.15) is 48.9 Å².